The van der Waals surface area contributed by atoms with Crippen LogP contribution >= 0.6 is 0 Å². The lowest BCUT2D eigenvalue weighted by Gasteiger charge is -2.29. The molecule has 3 N–H and O–H groups in total. The Balaban J connectivity index is 1.91. The number of carbonyl (C=O) groups excluding carboxylic acids is 1. The zero-order valence-corrected chi connectivity index (χ0v) is 14.1. The van der Waals surface area contributed by atoms with E-state index in [0.29, 0.717) is 0 Å². The summed E-state index contributed by atoms with van der Waals surface area (Å²) in [5, 5.41) is 15.2. The maximum Gasteiger partial charge on any atom is 0.319 e. The molecular weight excluding hydrogens is 294 g/mol. The van der Waals surface area contributed by atoms with Crippen molar-refractivity contribution in [3.63, 3.8) is 0 Å². The van der Waals surface area contributed by atoms with Gasteiger partial charge >= 0.3 is 6.03 Å². The van der Waals surface area contributed by atoms with Gasteiger partial charge in [0.05, 0.1) is 19.3 Å². The molecule has 0 saturated carbocycles. The van der Waals surface area contributed by atoms with E-state index in [9.17, 15) is 9.90 Å². The molecule has 23 heavy (non-hydrogen) atoms. The molecule has 1 aromatic rings. The predicted molar refractivity (Wildman–Crippen MR) is 92.1 cm³/mol. The smallest absolute Gasteiger partial charge is 0.319 e. The Hall–Kier alpha value is -1.79. The lowest BCUT2D eigenvalue weighted by atomic mass is 10.1. The molecule has 0 radical (unpaired) electrons. The number of aliphatic hydroxyl groups excluding tert-OH is 1. The molecule has 1 fully saturated rings. The average molecular weight is 321 g/mol. The third-order valence-electron chi connectivity index (χ3n) is 4.08. The number of hydrogen-bond acceptors (Lipinski definition) is 4. The van der Waals surface area contributed by atoms with E-state index in [2.05, 4.69) is 21.6 Å². The molecule has 6 heteroatoms. The standard InChI is InChI=1S/C17H27N3O3/c1-12(2)16(21)11-18-17(22)19-15-5-4-14(10-13(15)3)20-6-8-23-9-7-20/h4-5,10,12,16,21H,6-9,11H2,1-3H3,(H2,18,19,22). The van der Waals surface area contributed by atoms with Crippen molar-refractivity contribution in [3.8, 4) is 0 Å². The van der Waals surface area contributed by atoms with Crippen LogP contribution in [-0.2, 0) is 4.74 Å². The van der Waals surface area contributed by atoms with Crippen LogP contribution in [0, 0.1) is 12.8 Å². The molecule has 6 nitrogen and oxygen atoms in total. The summed E-state index contributed by atoms with van der Waals surface area (Å²) in [6.45, 7) is 9.33. The second kappa shape index (κ2) is 8.17. The van der Waals surface area contributed by atoms with E-state index < -0.39 is 6.10 Å². The van der Waals surface area contributed by atoms with Crippen LogP contribution in [0.4, 0.5) is 16.2 Å². The molecule has 1 aromatic carbocycles. The van der Waals surface area contributed by atoms with Gasteiger partial charge in [-0.2, -0.15) is 0 Å². The molecule has 2 rings (SSSR count). The maximum absolute atomic E-state index is 11.9. The fraction of sp³-hybridized carbons (Fsp3) is 0.588. The number of benzene rings is 1. The van der Waals surface area contributed by atoms with Gasteiger partial charge in [0.2, 0.25) is 0 Å². The largest absolute Gasteiger partial charge is 0.391 e. The van der Waals surface area contributed by atoms with Crippen LogP contribution in [0.3, 0.4) is 0 Å². The summed E-state index contributed by atoms with van der Waals surface area (Å²) in [4.78, 5) is 14.2. The van der Waals surface area contributed by atoms with Crippen LogP contribution < -0.4 is 15.5 Å². The van der Waals surface area contributed by atoms with E-state index in [4.69, 9.17) is 4.74 Å². The van der Waals surface area contributed by atoms with Crippen molar-refractivity contribution in [1.29, 1.82) is 0 Å². The monoisotopic (exact) mass is 321 g/mol. The molecule has 2 amide bonds. The number of rotatable bonds is 5. The van der Waals surface area contributed by atoms with E-state index in [-0.39, 0.29) is 18.5 Å². The van der Waals surface area contributed by atoms with Gasteiger partial charge in [0, 0.05) is 31.0 Å². The van der Waals surface area contributed by atoms with E-state index in [1.165, 1.54) is 0 Å². The highest BCUT2D eigenvalue weighted by molar-refractivity contribution is 5.90. The number of hydrogen-bond donors (Lipinski definition) is 3. The van der Waals surface area contributed by atoms with Gasteiger partial charge in [-0.05, 0) is 36.6 Å². The summed E-state index contributed by atoms with van der Waals surface area (Å²) in [5.74, 6) is 0.116. The number of ether oxygens (including phenoxy) is 1. The van der Waals surface area contributed by atoms with Crippen LogP contribution in [0.15, 0.2) is 18.2 Å². The number of morpholine rings is 1. The first-order valence-electron chi connectivity index (χ1n) is 8.13. The van der Waals surface area contributed by atoms with Crippen molar-refractivity contribution in [3.05, 3.63) is 23.8 Å². The Morgan fingerprint density at radius 3 is 2.65 bits per heavy atom. The maximum atomic E-state index is 11.9. The normalized spacial score (nSPS) is 16.3. The average Bonchev–Trinajstić information content (AvgIpc) is 2.55. The second-order valence-corrected chi connectivity index (χ2v) is 6.25. The number of anilines is 2. The molecule has 1 atom stereocenters. The van der Waals surface area contributed by atoms with Gasteiger partial charge in [-0.3, -0.25) is 0 Å². The molecule has 1 saturated heterocycles. The minimum absolute atomic E-state index is 0.116. The van der Waals surface area contributed by atoms with Crippen LogP contribution in [-0.4, -0.2) is 50.1 Å². The molecule has 1 unspecified atom stereocenters. The van der Waals surface area contributed by atoms with Crippen LogP contribution in [0.2, 0.25) is 0 Å². The molecular formula is C17H27N3O3. The summed E-state index contributed by atoms with van der Waals surface area (Å²) < 4.78 is 5.36. The first-order valence-corrected chi connectivity index (χ1v) is 8.13. The Bertz CT molecular complexity index is 528. The number of aliphatic hydroxyl groups is 1. The molecule has 0 spiro atoms. The lowest BCUT2D eigenvalue weighted by molar-refractivity contribution is 0.122. The zero-order chi connectivity index (χ0) is 16.8. The lowest BCUT2D eigenvalue weighted by Crippen LogP contribution is -2.37. The number of nitrogens with one attached hydrogen (secondary N) is 2. The third-order valence-corrected chi connectivity index (χ3v) is 4.08. The van der Waals surface area contributed by atoms with E-state index >= 15 is 0 Å². The molecule has 0 aliphatic carbocycles. The van der Waals surface area contributed by atoms with E-state index in [1.54, 1.807) is 0 Å². The van der Waals surface area contributed by atoms with Gasteiger partial charge in [-0.1, -0.05) is 13.8 Å². The second-order valence-electron chi connectivity index (χ2n) is 6.25. The fourth-order valence-electron chi connectivity index (χ4n) is 2.41. The Kier molecular flexibility index (Phi) is 6.24. The summed E-state index contributed by atoms with van der Waals surface area (Å²) >= 11 is 0. The van der Waals surface area contributed by atoms with Gasteiger partial charge < -0.3 is 25.4 Å². The minimum atomic E-state index is -0.537. The highest BCUT2D eigenvalue weighted by Gasteiger charge is 2.14. The Morgan fingerprint density at radius 2 is 2.04 bits per heavy atom. The van der Waals surface area contributed by atoms with Crippen molar-refractivity contribution in [2.24, 2.45) is 5.92 Å². The molecule has 128 valence electrons. The fourth-order valence-corrected chi connectivity index (χ4v) is 2.41. The number of carbonyl (C=O) groups is 1. The zero-order valence-electron chi connectivity index (χ0n) is 14.1. The van der Waals surface area contributed by atoms with Gasteiger partial charge in [-0.15, -0.1) is 0 Å². The molecule has 1 heterocycles. The molecule has 1 aliphatic heterocycles. The number of urea groups is 1. The van der Waals surface area contributed by atoms with Gasteiger partial charge in [-0.25, -0.2) is 4.79 Å². The van der Waals surface area contributed by atoms with Gasteiger partial charge in [0.1, 0.15) is 0 Å². The minimum Gasteiger partial charge on any atom is -0.391 e. The first-order chi connectivity index (χ1) is 11.0. The van der Waals surface area contributed by atoms with Gasteiger partial charge in [0.15, 0.2) is 0 Å². The molecule has 0 bridgehead atoms. The molecule has 1 aliphatic rings. The Labute approximate surface area is 137 Å². The van der Waals surface area contributed by atoms with Crippen LogP contribution in [0.1, 0.15) is 19.4 Å². The van der Waals surface area contributed by atoms with E-state index in [0.717, 1.165) is 43.2 Å². The highest BCUT2D eigenvalue weighted by atomic mass is 16.5. The number of aryl methyl sites for hydroxylation is 1. The van der Waals surface area contributed by atoms with Gasteiger partial charge in [0.25, 0.3) is 0 Å². The van der Waals surface area contributed by atoms with Crippen LogP contribution in [0.5, 0.6) is 0 Å². The van der Waals surface area contributed by atoms with Crippen LogP contribution in [0.25, 0.3) is 0 Å². The summed E-state index contributed by atoms with van der Waals surface area (Å²) in [6.07, 6.45) is -0.537. The summed E-state index contributed by atoms with van der Waals surface area (Å²) in [5.41, 5.74) is 2.93. The topological polar surface area (TPSA) is 73.8 Å². The summed E-state index contributed by atoms with van der Waals surface area (Å²) in [7, 11) is 0. The third kappa shape index (κ3) is 5.11. The quantitative estimate of drug-likeness (QED) is 0.775. The van der Waals surface area contributed by atoms with Crippen molar-refractivity contribution in [2.75, 3.05) is 43.1 Å². The first kappa shape index (κ1) is 17.6. The SMILES string of the molecule is Cc1cc(N2CCOCC2)ccc1NC(=O)NCC(O)C(C)C. The molecule has 0 aromatic heterocycles. The van der Waals surface area contributed by atoms with Crippen molar-refractivity contribution in [1.82, 2.24) is 5.32 Å². The Morgan fingerprint density at radius 1 is 1.35 bits per heavy atom. The van der Waals surface area contributed by atoms with Crippen molar-refractivity contribution < 1.29 is 14.6 Å². The number of amides is 2. The number of nitrogens with zero attached hydrogens (tertiary/aromatic N) is 1. The van der Waals surface area contributed by atoms with Crippen molar-refractivity contribution in [2.45, 2.75) is 26.9 Å². The highest BCUT2D eigenvalue weighted by Crippen LogP contribution is 2.23. The van der Waals surface area contributed by atoms with E-state index in [1.807, 2.05) is 32.9 Å². The predicted octanol–water partition coefficient (Wildman–Crippen LogP) is 1.97. The van der Waals surface area contributed by atoms with Crippen molar-refractivity contribution >= 4 is 17.4 Å². The summed E-state index contributed by atoms with van der Waals surface area (Å²) in [6, 6.07) is 5.70.